The Morgan fingerprint density at radius 2 is 1.67 bits per heavy atom. The molecule has 0 bridgehead atoms. The summed E-state index contributed by atoms with van der Waals surface area (Å²) in [6, 6.07) is 0. The van der Waals surface area contributed by atoms with Crippen molar-refractivity contribution in [1.82, 2.24) is 4.90 Å². The molecular weight excluding hydrogens is 184 g/mol. The predicted molar refractivity (Wildman–Crippen MR) is 64.3 cm³/mol. The summed E-state index contributed by atoms with van der Waals surface area (Å²) in [4.78, 5) is 2.29. The van der Waals surface area contributed by atoms with Gasteiger partial charge in [0.1, 0.15) is 0 Å². The van der Waals surface area contributed by atoms with Gasteiger partial charge in [0.25, 0.3) is 0 Å². The Bertz CT molecular complexity index is 219. The molecule has 2 fully saturated rings. The number of nitrogens with zero attached hydrogens (tertiary/aromatic N) is 1. The van der Waals surface area contributed by atoms with Crippen LogP contribution in [0.2, 0.25) is 0 Å². The zero-order chi connectivity index (χ0) is 10.7. The molecule has 0 unspecified atom stereocenters. The molecule has 1 saturated heterocycles. The Morgan fingerprint density at radius 3 is 2.20 bits per heavy atom. The van der Waals surface area contributed by atoms with Crippen LogP contribution in [-0.4, -0.2) is 23.8 Å². The second kappa shape index (κ2) is 4.54. The zero-order valence-corrected chi connectivity index (χ0v) is 10.0. The fourth-order valence-corrected chi connectivity index (χ4v) is 3.28. The van der Waals surface area contributed by atoms with Crippen LogP contribution in [-0.2, 0) is 0 Å². The smallest absolute Gasteiger partial charge is 0.0954 e. The lowest BCUT2D eigenvalue weighted by Crippen LogP contribution is -2.43. The zero-order valence-electron chi connectivity index (χ0n) is 10.0. The van der Waals surface area contributed by atoms with Gasteiger partial charge < -0.3 is 4.90 Å². The van der Waals surface area contributed by atoms with Crippen LogP contribution >= 0.6 is 0 Å². The summed E-state index contributed by atoms with van der Waals surface area (Å²) >= 11 is 0. The van der Waals surface area contributed by atoms with Crippen molar-refractivity contribution in [3.63, 3.8) is 0 Å². The van der Waals surface area contributed by atoms with Crippen LogP contribution in [0.1, 0.15) is 58.3 Å². The largest absolute Gasteiger partial charge is 0.361 e. The van der Waals surface area contributed by atoms with Gasteiger partial charge in [-0.2, -0.15) is 0 Å². The number of piperidine rings is 1. The molecule has 2 heteroatoms. The Labute approximate surface area is 93.6 Å². The molecule has 0 aromatic carbocycles. The van der Waals surface area contributed by atoms with E-state index in [1.54, 1.807) is 0 Å². The molecule has 2 nitrogen and oxygen atoms in total. The highest BCUT2D eigenvalue weighted by Crippen LogP contribution is 2.44. The third-order valence-electron chi connectivity index (χ3n) is 4.45. The minimum absolute atomic E-state index is 0.683. The maximum atomic E-state index is 7.86. The first-order valence-corrected chi connectivity index (χ1v) is 6.58. The van der Waals surface area contributed by atoms with E-state index in [4.69, 9.17) is 5.41 Å². The SMILES string of the molecule is CCC(=N)N1CCC2(CCCCC2)CC1. The third kappa shape index (κ3) is 2.35. The molecular formula is C13H24N2. The average molecular weight is 208 g/mol. The molecule has 1 aliphatic heterocycles. The van der Waals surface area contributed by atoms with Crippen LogP contribution in [0.25, 0.3) is 0 Å². The number of nitrogens with one attached hydrogen (secondary N) is 1. The van der Waals surface area contributed by atoms with E-state index in [0.29, 0.717) is 5.41 Å². The molecule has 1 spiro atoms. The lowest BCUT2D eigenvalue weighted by atomic mass is 9.68. The highest BCUT2D eigenvalue weighted by Gasteiger charge is 2.35. The van der Waals surface area contributed by atoms with E-state index in [2.05, 4.69) is 11.8 Å². The molecule has 86 valence electrons. The number of hydrogen-bond acceptors (Lipinski definition) is 1. The molecule has 1 saturated carbocycles. The van der Waals surface area contributed by atoms with Crippen molar-refractivity contribution in [3.8, 4) is 0 Å². The highest BCUT2D eigenvalue weighted by molar-refractivity contribution is 5.78. The van der Waals surface area contributed by atoms with Gasteiger partial charge in [-0.25, -0.2) is 0 Å². The summed E-state index contributed by atoms with van der Waals surface area (Å²) in [7, 11) is 0. The maximum Gasteiger partial charge on any atom is 0.0954 e. The number of amidine groups is 1. The Morgan fingerprint density at radius 1 is 1.07 bits per heavy atom. The van der Waals surface area contributed by atoms with Gasteiger partial charge in [-0.3, -0.25) is 5.41 Å². The van der Waals surface area contributed by atoms with Gasteiger partial charge >= 0.3 is 0 Å². The van der Waals surface area contributed by atoms with E-state index in [-0.39, 0.29) is 0 Å². The van der Waals surface area contributed by atoms with Crippen molar-refractivity contribution in [2.45, 2.75) is 58.3 Å². The van der Waals surface area contributed by atoms with Crippen LogP contribution < -0.4 is 0 Å². The molecule has 0 aromatic heterocycles. The minimum atomic E-state index is 0.683. The van der Waals surface area contributed by atoms with E-state index in [1.807, 2.05) is 0 Å². The van der Waals surface area contributed by atoms with Gasteiger partial charge in [-0.05, 0) is 31.1 Å². The summed E-state index contributed by atoms with van der Waals surface area (Å²) in [6.07, 6.45) is 10.9. The molecule has 1 N–H and O–H groups in total. The quantitative estimate of drug-likeness (QED) is 0.519. The van der Waals surface area contributed by atoms with E-state index >= 15 is 0 Å². The molecule has 0 radical (unpaired) electrons. The lowest BCUT2D eigenvalue weighted by molar-refractivity contribution is 0.0967. The second-order valence-electron chi connectivity index (χ2n) is 5.35. The Hall–Kier alpha value is -0.530. The predicted octanol–water partition coefficient (Wildman–Crippen LogP) is 3.42. The lowest BCUT2D eigenvalue weighted by Gasteiger charge is -2.45. The standard InChI is InChI=1S/C13H24N2/c1-2-12(14)15-10-8-13(9-11-15)6-4-3-5-7-13/h14H,2-11H2,1H3. The van der Waals surface area contributed by atoms with Gasteiger partial charge in [-0.15, -0.1) is 0 Å². The fraction of sp³-hybridized carbons (Fsp3) is 0.923. The Kier molecular flexibility index (Phi) is 3.32. The molecule has 0 amide bonds. The van der Waals surface area contributed by atoms with Gasteiger partial charge in [0.2, 0.25) is 0 Å². The summed E-state index contributed by atoms with van der Waals surface area (Å²) in [6.45, 7) is 4.38. The third-order valence-corrected chi connectivity index (χ3v) is 4.45. The van der Waals surface area contributed by atoms with Gasteiger partial charge in [0.05, 0.1) is 5.84 Å². The molecule has 0 aromatic rings. The molecule has 2 rings (SSSR count). The monoisotopic (exact) mass is 208 g/mol. The van der Waals surface area contributed by atoms with Gasteiger partial charge in [0, 0.05) is 19.5 Å². The molecule has 15 heavy (non-hydrogen) atoms. The van der Waals surface area contributed by atoms with E-state index in [1.165, 1.54) is 44.9 Å². The number of likely N-dealkylation sites (tertiary alicyclic amines) is 1. The fourth-order valence-electron chi connectivity index (χ4n) is 3.28. The molecule has 1 aliphatic carbocycles. The summed E-state index contributed by atoms with van der Waals surface area (Å²) in [5.74, 6) is 0.848. The summed E-state index contributed by atoms with van der Waals surface area (Å²) in [5, 5.41) is 7.86. The van der Waals surface area contributed by atoms with E-state index in [9.17, 15) is 0 Å². The van der Waals surface area contributed by atoms with Crippen LogP contribution in [0.15, 0.2) is 0 Å². The maximum absolute atomic E-state index is 7.86. The van der Waals surface area contributed by atoms with Crippen molar-refractivity contribution in [2.24, 2.45) is 5.41 Å². The van der Waals surface area contributed by atoms with Crippen molar-refractivity contribution >= 4 is 5.84 Å². The molecule has 0 atom stereocenters. The number of hydrogen-bond donors (Lipinski definition) is 1. The van der Waals surface area contributed by atoms with Gasteiger partial charge in [0.15, 0.2) is 0 Å². The van der Waals surface area contributed by atoms with E-state index in [0.717, 1.165) is 25.3 Å². The van der Waals surface area contributed by atoms with Crippen molar-refractivity contribution in [1.29, 1.82) is 5.41 Å². The van der Waals surface area contributed by atoms with Crippen LogP contribution in [0.5, 0.6) is 0 Å². The minimum Gasteiger partial charge on any atom is -0.361 e. The van der Waals surface area contributed by atoms with Crippen LogP contribution in [0.4, 0.5) is 0 Å². The normalized spacial score (nSPS) is 25.5. The second-order valence-corrected chi connectivity index (χ2v) is 5.35. The first-order valence-electron chi connectivity index (χ1n) is 6.58. The molecule has 1 heterocycles. The van der Waals surface area contributed by atoms with Crippen molar-refractivity contribution < 1.29 is 0 Å². The number of rotatable bonds is 1. The highest BCUT2D eigenvalue weighted by atomic mass is 15.2. The van der Waals surface area contributed by atoms with E-state index < -0.39 is 0 Å². The summed E-state index contributed by atoms with van der Waals surface area (Å²) in [5.41, 5.74) is 0.683. The van der Waals surface area contributed by atoms with Crippen molar-refractivity contribution in [2.75, 3.05) is 13.1 Å². The Balaban J connectivity index is 1.88. The van der Waals surface area contributed by atoms with Gasteiger partial charge in [-0.1, -0.05) is 26.2 Å². The topological polar surface area (TPSA) is 27.1 Å². The molecule has 2 aliphatic rings. The van der Waals surface area contributed by atoms with Crippen LogP contribution in [0.3, 0.4) is 0 Å². The summed E-state index contributed by atoms with van der Waals surface area (Å²) < 4.78 is 0. The van der Waals surface area contributed by atoms with Crippen molar-refractivity contribution in [3.05, 3.63) is 0 Å². The first kappa shape index (κ1) is 11.0. The average Bonchev–Trinajstić information content (AvgIpc) is 2.30. The van der Waals surface area contributed by atoms with Crippen LogP contribution in [0, 0.1) is 10.8 Å². The first-order chi connectivity index (χ1) is 7.26.